The Hall–Kier alpha value is -3.86. The highest BCUT2D eigenvalue weighted by Gasteiger charge is 2.48. The topological polar surface area (TPSA) is 102 Å². The zero-order valence-electron chi connectivity index (χ0n) is 23.7. The molecule has 11 heteroatoms. The second-order valence-corrected chi connectivity index (χ2v) is 12.3. The van der Waals surface area contributed by atoms with Crippen LogP contribution >= 0.6 is 34.7 Å². The smallest absolute Gasteiger partial charge is 0.301 e. The molecule has 3 aromatic carbocycles. The number of halogens is 1. The molecule has 43 heavy (non-hydrogen) atoms. The number of aliphatic hydroxyl groups excluding tert-OH is 1. The van der Waals surface area contributed by atoms with Crippen molar-refractivity contribution in [2.24, 2.45) is 0 Å². The maximum absolute atomic E-state index is 13.6. The summed E-state index contributed by atoms with van der Waals surface area (Å²) in [5.41, 5.74) is 1.96. The predicted molar refractivity (Wildman–Crippen MR) is 170 cm³/mol. The van der Waals surface area contributed by atoms with Crippen molar-refractivity contribution < 1.29 is 24.2 Å². The van der Waals surface area contributed by atoms with Crippen LogP contribution in [0.15, 0.2) is 82.7 Å². The molecule has 1 aliphatic rings. The van der Waals surface area contributed by atoms with Crippen LogP contribution in [-0.4, -0.2) is 40.2 Å². The first-order valence-corrected chi connectivity index (χ1v) is 16.1. The molecule has 1 atom stereocenters. The summed E-state index contributed by atoms with van der Waals surface area (Å²) in [7, 11) is 0. The molecule has 5 rings (SSSR count). The Kier molecular flexibility index (Phi) is 10.0. The number of anilines is 1. The van der Waals surface area contributed by atoms with Gasteiger partial charge in [-0.25, -0.2) is 0 Å². The maximum Gasteiger partial charge on any atom is 0.301 e. The van der Waals surface area contributed by atoms with Gasteiger partial charge in [0.2, 0.25) is 5.13 Å². The van der Waals surface area contributed by atoms with Crippen LogP contribution in [0.1, 0.15) is 49.4 Å². The molecule has 1 saturated heterocycles. The zero-order chi connectivity index (χ0) is 30.3. The third kappa shape index (κ3) is 6.87. The van der Waals surface area contributed by atoms with E-state index >= 15 is 0 Å². The van der Waals surface area contributed by atoms with Crippen LogP contribution in [0.5, 0.6) is 11.5 Å². The van der Waals surface area contributed by atoms with Crippen LogP contribution in [0, 0.1) is 0 Å². The fraction of sp³-hybridized carbons (Fsp3) is 0.250. The first-order chi connectivity index (χ1) is 20.9. The number of nitrogens with zero attached hydrogens (tertiary/aromatic N) is 3. The van der Waals surface area contributed by atoms with Crippen molar-refractivity contribution in [1.29, 1.82) is 0 Å². The number of Topliss-reactive ketones (excluding diaryl/α,β-unsaturated/α-hetero) is 1. The van der Waals surface area contributed by atoms with Gasteiger partial charge in [0, 0.05) is 16.3 Å². The number of ketones is 1. The second-order valence-electron chi connectivity index (χ2n) is 9.64. The Balaban J connectivity index is 1.57. The lowest BCUT2D eigenvalue weighted by Crippen LogP contribution is -2.29. The summed E-state index contributed by atoms with van der Waals surface area (Å²) in [5.74, 6) is -0.239. The number of carbonyl (C=O) groups excluding carboxylic acids is 2. The summed E-state index contributed by atoms with van der Waals surface area (Å²) >= 11 is 8.76. The fourth-order valence-corrected chi connectivity index (χ4v) is 6.54. The summed E-state index contributed by atoms with van der Waals surface area (Å²) in [6.07, 6.45) is 1.87. The summed E-state index contributed by atoms with van der Waals surface area (Å²) in [5, 5.41) is 20.7. The number of unbranched alkanes of at least 4 members (excludes halogenated alkanes) is 1. The number of thioether (sulfide) groups is 1. The van der Waals surface area contributed by atoms with Crippen molar-refractivity contribution in [3.8, 4) is 11.5 Å². The van der Waals surface area contributed by atoms with Gasteiger partial charge in [0.05, 0.1) is 24.8 Å². The van der Waals surface area contributed by atoms with Crippen LogP contribution in [0.2, 0.25) is 5.02 Å². The maximum atomic E-state index is 13.6. The van der Waals surface area contributed by atoms with E-state index in [-0.39, 0.29) is 16.5 Å². The van der Waals surface area contributed by atoms with E-state index in [4.69, 9.17) is 21.1 Å². The Morgan fingerprint density at radius 2 is 1.77 bits per heavy atom. The number of rotatable bonds is 12. The monoisotopic (exact) mass is 635 g/mol. The third-order valence-electron chi connectivity index (χ3n) is 6.71. The number of aliphatic hydroxyl groups is 1. The summed E-state index contributed by atoms with van der Waals surface area (Å²) in [4.78, 5) is 28.5. The number of hydrogen-bond acceptors (Lipinski definition) is 9. The summed E-state index contributed by atoms with van der Waals surface area (Å²) < 4.78 is 12.5. The summed E-state index contributed by atoms with van der Waals surface area (Å²) in [6, 6.07) is 20.7. The minimum atomic E-state index is -0.987. The Morgan fingerprint density at radius 1 is 1.00 bits per heavy atom. The van der Waals surface area contributed by atoms with Crippen LogP contribution < -0.4 is 14.4 Å². The van der Waals surface area contributed by atoms with E-state index in [2.05, 4.69) is 17.1 Å². The molecule has 1 unspecified atom stereocenters. The van der Waals surface area contributed by atoms with Crippen LogP contribution in [0.25, 0.3) is 5.76 Å². The quantitative estimate of drug-likeness (QED) is 0.0422. The standard InChI is InChI=1S/C32H30ClN3O5S2/c1-3-5-17-41-24-16-13-22(18-25(24)40-4-2)27-26(28(37)21-11-14-23(33)15-12-21)29(38)30(39)36(27)31-34-35-32(43-31)42-19-20-9-7-6-8-10-20/h6-16,18,27,37H,3-5,17,19H2,1-2H3. The number of amides is 1. The van der Waals surface area contributed by atoms with Crippen LogP contribution in [-0.2, 0) is 15.3 Å². The van der Waals surface area contributed by atoms with Gasteiger partial charge in [-0.05, 0) is 60.9 Å². The molecule has 2 heterocycles. The third-order valence-corrected chi connectivity index (χ3v) is 9.09. The van der Waals surface area contributed by atoms with E-state index in [1.54, 1.807) is 42.5 Å². The minimum Gasteiger partial charge on any atom is -0.507 e. The van der Waals surface area contributed by atoms with Gasteiger partial charge < -0.3 is 14.6 Å². The van der Waals surface area contributed by atoms with Crippen molar-refractivity contribution in [3.05, 3.63) is 100 Å². The van der Waals surface area contributed by atoms with Gasteiger partial charge in [-0.1, -0.05) is 84.4 Å². The number of aromatic nitrogens is 2. The Bertz CT molecular complexity index is 1630. The first kappa shape index (κ1) is 30.6. The number of benzene rings is 3. The van der Waals surface area contributed by atoms with Crippen LogP contribution in [0.4, 0.5) is 5.13 Å². The van der Waals surface area contributed by atoms with Gasteiger partial charge in [-0.15, -0.1) is 10.2 Å². The van der Waals surface area contributed by atoms with Crippen molar-refractivity contribution in [3.63, 3.8) is 0 Å². The molecular formula is C32H30ClN3O5S2. The van der Waals surface area contributed by atoms with Crippen molar-refractivity contribution in [2.45, 2.75) is 42.8 Å². The van der Waals surface area contributed by atoms with E-state index < -0.39 is 17.7 Å². The number of hydrogen-bond donors (Lipinski definition) is 1. The second kappa shape index (κ2) is 14.1. The lowest BCUT2D eigenvalue weighted by molar-refractivity contribution is -0.132. The molecule has 0 aliphatic carbocycles. The lowest BCUT2D eigenvalue weighted by atomic mass is 9.95. The largest absolute Gasteiger partial charge is 0.507 e. The highest BCUT2D eigenvalue weighted by atomic mass is 35.5. The average molecular weight is 636 g/mol. The van der Waals surface area contributed by atoms with Gasteiger partial charge in [-0.3, -0.25) is 14.5 Å². The van der Waals surface area contributed by atoms with Crippen molar-refractivity contribution >= 4 is 57.3 Å². The van der Waals surface area contributed by atoms with Gasteiger partial charge in [0.1, 0.15) is 5.76 Å². The van der Waals surface area contributed by atoms with E-state index in [0.717, 1.165) is 18.4 Å². The van der Waals surface area contributed by atoms with E-state index in [1.807, 2.05) is 37.3 Å². The Morgan fingerprint density at radius 3 is 2.49 bits per heavy atom. The molecule has 0 spiro atoms. The lowest BCUT2D eigenvalue weighted by Gasteiger charge is -2.23. The van der Waals surface area contributed by atoms with Crippen LogP contribution in [0.3, 0.4) is 0 Å². The SMILES string of the molecule is CCCCOc1ccc(C2C(=C(O)c3ccc(Cl)cc3)C(=O)C(=O)N2c2nnc(SCc3ccccc3)s2)cc1OCC. The molecule has 1 N–H and O–H groups in total. The van der Waals surface area contributed by atoms with Crippen molar-refractivity contribution in [1.82, 2.24) is 10.2 Å². The highest BCUT2D eigenvalue weighted by Crippen LogP contribution is 2.45. The number of carbonyl (C=O) groups is 2. The van der Waals surface area contributed by atoms with Crippen molar-refractivity contribution in [2.75, 3.05) is 18.1 Å². The molecule has 1 aliphatic heterocycles. The fourth-order valence-electron chi connectivity index (χ4n) is 4.59. The van der Waals surface area contributed by atoms with Gasteiger partial charge >= 0.3 is 5.91 Å². The van der Waals surface area contributed by atoms with E-state index in [1.165, 1.54) is 28.0 Å². The molecule has 0 radical (unpaired) electrons. The molecule has 1 aromatic heterocycles. The first-order valence-electron chi connectivity index (χ1n) is 13.9. The molecule has 8 nitrogen and oxygen atoms in total. The minimum absolute atomic E-state index is 0.0666. The highest BCUT2D eigenvalue weighted by molar-refractivity contribution is 8.00. The normalized spacial score (nSPS) is 16.1. The van der Waals surface area contributed by atoms with Gasteiger partial charge in [-0.2, -0.15) is 0 Å². The average Bonchev–Trinajstić information content (AvgIpc) is 3.59. The molecule has 222 valence electrons. The number of ether oxygens (including phenoxy) is 2. The molecule has 0 saturated carbocycles. The molecule has 0 bridgehead atoms. The van der Waals surface area contributed by atoms with Gasteiger partial charge in [0.25, 0.3) is 5.78 Å². The molecule has 1 fully saturated rings. The van der Waals surface area contributed by atoms with E-state index in [9.17, 15) is 14.7 Å². The molecule has 4 aromatic rings. The summed E-state index contributed by atoms with van der Waals surface area (Å²) in [6.45, 7) is 4.86. The van der Waals surface area contributed by atoms with E-state index in [0.29, 0.717) is 51.0 Å². The molecular weight excluding hydrogens is 606 g/mol. The Labute approximate surface area is 263 Å². The zero-order valence-corrected chi connectivity index (χ0v) is 26.0. The predicted octanol–water partition coefficient (Wildman–Crippen LogP) is 7.69. The van der Waals surface area contributed by atoms with Gasteiger partial charge in [0.15, 0.2) is 15.8 Å². The molecule has 1 amide bonds.